The van der Waals surface area contributed by atoms with E-state index in [1.165, 1.54) is 11.4 Å². The lowest BCUT2D eigenvalue weighted by Crippen LogP contribution is -2.34. The second-order valence-corrected chi connectivity index (χ2v) is 6.41. The Morgan fingerprint density at radius 1 is 1.45 bits per heavy atom. The van der Waals surface area contributed by atoms with Crippen LogP contribution in [0.15, 0.2) is 0 Å². The van der Waals surface area contributed by atoms with Crippen LogP contribution in [0.25, 0.3) is 0 Å². The molecular formula is C14H22N4OS. The molecule has 0 bridgehead atoms. The molecule has 1 saturated heterocycles. The zero-order chi connectivity index (χ0) is 13.9. The van der Waals surface area contributed by atoms with E-state index in [1.807, 2.05) is 11.8 Å². The van der Waals surface area contributed by atoms with Crippen molar-refractivity contribution in [3.8, 4) is 0 Å². The Balaban J connectivity index is 1.96. The van der Waals surface area contributed by atoms with E-state index in [1.54, 1.807) is 0 Å². The maximum absolute atomic E-state index is 5.55. The molecule has 0 aromatic carbocycles. The Bertz CT molecular complexity index is 482. The van der Waals surface area contributed by atoms with E-state index in [9.17, 15) is 0 Å². The lowest BCUT2D eigenvalue weighted by Gasteiger charge is -2.32. The average Bonchev–Trinajstić information content (AvgIpc) is 2.48. The van der Waals surface area contributed by atoms with Crippen LogP contribution in [0.3, 0.4) is 0 Å². The summed E-state index contributed by atoms with van der Waals surface area (Å²) in [4.78, 5) is 12.0. The van der Waals surface area contributed by atoms with Crippen LogP contribution < -0.4 is 5.32 Å². The van der Waals surface area contributed by atoms with Gasteiger partial charge in [0.25, 0.3) is 0 Å². The SMILES string of the molecule is CCNc1nc(C2CSCCN2C)nc2c1COCC2. The van der Waals surface area contributed by atoms with Crippen molar-refractivity contribution in [1.82, 2.24) is 14.9 Å². The molecule has 0 aliphatic carbocycles. The van der Waals surface area contributed by atoms with Gasteiger partial charge in [-0.1, -0.05) is 0 Å². The van der Waals surface area contributed by atoms with Crippen molar-refractivity contribution in [3.63, 3.8) is 0 Å². The van der Waals surface area contributed by atoms with Crippen molar-refractivity contribution in [2.45, 2.75) is 26.0 Å². The first-order valence-electron chi connectivity index (χ1n) is 7.29. The molecule has 1 fully saturated rings. The highest BCUT2D eigenvalue weighted by atomic mass is 32.2. The number of nitrogens with zero attached hydrogens (tertiary/aromatic N) is 3. The van der Waals surface area contributed by atoms with Crippen molar-refractivity contribution >= 4 is 17.6 Å². The predicted molar refractivity (Wildman–Crippen MR) is 82.3 cm³/mol. The third-order valence-corrected chi connectivity index (χ3v) is 4.90. The first kappa shape index (κ1) is 14.1. The van der Waals surface area contributed by atoms with E-state index in [0.29, 0.717) is 12.6 Å². The highest BCUT2D eigenvalue weighted by molar-refractivity contribution is 7.99. The van der Waals surface area contributed by atoms with E-state index in [0.717, 1.165) is 49.1 Å². The second-order valence-electron chi connectivity index (χ2n) is 5.26. The number of nitrogens with one attached hydrogen (secondary N) is 1. The van der Waals surface area contributed by atoms with Crippen molar-refractivity contribution in [3.05, 3.63) is 17.1 Å². The summed E-state index contributed by atoms with van der Waals surface area (Å²) in [6.45, 7) is 5.48. The summed E-state index contributed by atoms with van der Waals surface area (Å²) in [5.41, 5.74) is 2.31. The lowest BCUT2D eigenvalue weighted by molar-refractivity contribution is 0.109. The van der Waals surface area contributed by atoms with Crippen LogP contribution in [-0.2, 0) is 17.8 Å². The van der Waals surface area contributed by atoms with Crippen molar-refractivity contribution in [1.29, 1.82) is 0 Å². The Morgan fingerprint density at radius 2 is 2.35 bits per heavy atom. The van der Waals surface area contributed by atoms with E-state index in [2.05, 4.69) is 24.2 Å². The number of hydrogen-bond acceptors (Lipinski definition) is 6. The minimum Gasteiger partial charge on any atom is -0.376 e. The average molecular weight is 294 g/mol. The summed E-state index contributed by atoms with van der Waals surface area (Å²) in [7, 11) is 2.17. The number of hydrogen-bond donors (Lipinski definition) is 1. The van der Waals surface area contributed by atoms with E-state index in [4.69, 9.17) is 14.7 Å². The molecule has 2 aliphatic heterocycles. The highest BCUT2D eigenvalue weighted by Crippen LogP contribution is 2.29. The summed E-state index contributed by atoms with van der Waals surface area (Å²) in [5.74, 6) is 4.22. The number of ether oxygens (including phenoxy) is 1. The molecule has 2 aliphatic rings. The second kappa shape index (κ2) is 6.28. The molecule has 3 rings (SSSR count). The molecule has 1 unspecified atom stereocenters. The summed E-state index contributed by atoms with van der Waals surface area (Å²) in [6.07, 6.45) is 0.896. The zero-order valence-electron chi connectivity index (χ0n) is 12.2. The fourth-order valence-corrected chi connectivity index (χ4v) is 3.88. The van der Waals surface area contributed by atoms with E-state index in [-0.39, 0.29) is 0 Å². The quantitative estimate of drug-likeness (QED) is 0.916. The Hall–Kier alpha value is -0.850. The van der Waals surface area contributed by atoms with Gasteiger partial charge in [-0.15, -0.1) is 0 Å². The molecule has 110 valence electrons. The number of aromatic nitrogens is 2. The third-order valence-electron chi connectivity index (χ3n) is 3.88. The molecule has 6 heteroatoms. The Morgan fingerprint density at radius 3 is 3.15 bits per heavy atom. The van der Waals surface area contributed by atoms with Crippen LogP contribution in [0.1, 0.15) is 30.0 Å². The summed E-state index contributed by atoms with van der Waals surface area (Å²) < 4.78 is 5.55. The summed E-state index contributed by atoms with van der Waals surface area (Å²) in [6, 6.07) is 0.333. The van der Waals surface area contributed by atoms with Gasteiger partial charge in [-0.25, -0.2) is 9.97 Å². The van der Waals surface area contributed by atoms with Gasteiger partial charge < -0.3 is 10.1 Å². The smallest absolute Gasteiger partial charge is 0.148 e. The molecule has 1 aromatic heterocycles. The molecule has 1 N–H and O–H groups in total. The molecular weight excluding hydrogens is 272 g/mol. The summed E-state index contributed by atoms with van der Waals surface area (Å²) in [5, 5.41) is 3.37. The number of fused-ring (bicyclic) bond motifs is 1. The Labute approximate surface area is 124 Å². The lowest BCUT2D eigenvalue weighted by atomic mass is 10.1. The van der Waals surface area contributed by atoms with Crippen LogP contribution in [0.5, 0.6) is 0 Å². The fourth-order valence-electron chi connectivity index (χ4n) is 2.67. The van der Waals surface area contributed by atoms with Crippen LogP contribution in [0, 0.1) is 0 Å². The minimum atomic E-state index is 0.333. The predicted octanol–water partition coefficient (Wildman–Crippen LogP) is 1.70. The molecule has 5 nitrogen and oxygen atoms in total. The zero-order valence-corrected chi connectivity index (χ0v) is 13.0. The van der Waals surface area contributed by atoms with Crippen molar-refractivity contribution in [2.75, 3.05) is 43.6 Å². The van der Waals surface area contributed by atoms with Crippen LogP contribution in [0.2, 0.25) is 0 Å². The van der Waals surface area contributed by atoms with Gasteiger partial charge in [0.15, 0.2) is 0 Å². The topological polar surface area (TPSA) is 50.3 Å². The first-order chi connectivity index (χ1) is 9.79. The number of thioether (sulfide) groups is 1. The molecule has 3 heterocycles. The van der Waals surface area contributed by atoms with Gasteiger partial charge in [-0.05, 0) is 14.0 Å². The maximum atomic E-state index is 5.55. The van der Waals surface area contributed by atoms with E-state index < -0.39 is 0 Å². The van der Waals surface area contributed by atoms with E-state index >= 15 is 0 Å². The van der Waals surface area contributed by atoms with Crippen LogP contribution in [-0.4, -0.2) is 53.1 Å². The molecule has 0 saturated carbocycles. The first-order valence-corrected chi connectivity index (χ1v) is 8.44. The molecule has 0 spiro atoms. The third kappa shape index (κ3) is 2.77. The van der Waals surface area contributed by atoms with Gasteiger partial charge in [0.1, 0.15) is 11.6 Å². The number of anilines is 1. The largest absolute Gasteiger partial charge is 0.376 e. The van der Waals surface area contributed by atoms with Crippen molar-refractivity contribution in [2.24, 2.45) is 0 Å². The van der Waals surface area contributed by atoms with Gasteiger partial charge in [-0.3, -0.25) is 4.90 Å². The molecule has 0 radical (unpaired) electrons. The van der Waals surface area contributed by atoms with Gasteiger partial charge in [0.2, 0.25) is 0 Å². The van der Waals surface area contributed by atoms with Crippen LogP contribution in [0.4, 0.5) is 5.82 Å². The monoisotopic (exact) mass is 294 g/mol. The molecule has 1 aromatic rings. The standard InChI is InChI=1S/C14H22N4OS/c1-3-15-13-10-8-19-6-4-11(10)16-14(17-13)12-9-20-7-5-18(12)2/h12H,3-9H2,1-2H3,(H,15,16,17). The summed E-state index contributed by atoms with van der Waals surface area (Å²) >= 11 is 1.99. The maximum Gasteiger partial charge on any atom is 0.148 e. The van der Waals surface area contributed by atoms with Gasteiger partial charge in [-0.2, -0.15) is 11.8 Å². The Kier molecular flexibility index (Phi) is 4.43. The molecule has 0 amide bonds. The van der Waals surface area contributed by atoms with Gasteiger partial charge in [0, 0.05) is 36.6 Å². The number of rotatable bonds is 3. The fraction of sp³-hybridized carbons (Fsp3) is 0.714. The van der Waals surface area contributed by atoms with Gasteiger partial charge >= 0.3 is 0 Å². The molecule has 20 heavy (non-hydrogen) atoms. The minimum absolute atomic E-state index is 0.333. The molecule has 1 atom stereocenters. The van der Waals surface area contributed by atoms with Gasteiger partial charge in [0.05, 0.1) is 24.9 Å². The highest BCUT2D eigenvalue weighted by Gasteiger charge is 2.26. The van der Waals surface area contributed by atoms with Crippen LogP contribution >= 0.6 is 11.8 Å². The normalized spacial score (nSPS) is 23.4. The van der Waals surface area contributed by atoms with Crippen molar-refractivity contribution < 1.29 is 4.74 Å².